The van der Waals surface area contributed by atoms with E-state index in [0.29, 0.717) is 0 Å². The lowest BCUT2D eigenvalue weighted by Gasteiger charge is -2.25. The van der Waals surface area contributed by atoms with E-state index >= 15 is 0 Å². The van der Waals surface area contributed by atoms with E-state index in [1.165, 1.54) is 12.4 Å². The number of nitrogens with zero attached hydrogens (tertiary/aromatic N) is 2. The number of carbonyl (C=O) groups is 1. The highest BCUT2D eigenvalue weighted by atomic mass is 32.2. The van der Waals surface area contributed by atoms with Gasteiger partial charge >= 0.3 is 0 Å². The maximum absolute atomic E-state index is 12.1. The van der Waals surface area contributed by atoms with Crippen molar-refractivity contribution in [1.82, 2.24) is 15.3 Å². The number of hydroxylamine groups is 1. The second kappa shape index (κ2) is 9.12. The standard InChI is InChI=1S/C23H25N3O5S/c1-16(27)19-9-6-17(7-10-19)4-5-18-8-11-21-20(14-18)15-24-26(21)13-12-23(2,22(28)25-29)32(3,30)31/h6-11,14-16,27,29H,12-13H2,1-3H3,(H,25,28)/t16-,23?/m0/s1. The first kappa shape index (κ1) is 23.5. The minimum atomic E-state index is -3.78. The highest BCUT2D eigenvalue weighted by Crippen LogP contribution is 2.24. The summed E-state index contributed by atoms with van der Waals surface area (Å²) in [5.74, 6) is 5.21. The Bertz CT molecular complexity index is 1300. The number of aliphatic hydroxyl groups excluding tert-OH is 1. The Morgan fingerprint density at radius 1 is 1.19 bits per heavy atom. The molecular formula is C23H25N3O5S. The first-order chi connectivity index (χ1) is 15.0. The van der Waals surface area contributed by atoms with E-state index in [4.69, 9.17) is 5.21 Å². The fraction of sp³-hybridized carbons (Fsp3) is 0.304. The zero-order chi connectivity index (χ0) is 23.5. The average Bonchev–Trinajstić information content (AvgIpc) is 3.17. The summed E-state index contributed by atoms with van der Waals surface area (Å²) >= 11 is 0. The number of amides is 1. The fourth-order valence-corrected chi connectivity index (χ4v) is 4.08. The second-order valence-corrected chi connectivity index (χ2v) is 10.3. The van der Waals surface area contributed by atoms with Gasteiger partial charge in [-0.15, -0.1) is 0 Å². The summed E-state index contributed by atoms with van der Waals surface area (Å²) in [5.41, 5.74) is 4.66. The molecule has 0 radical (unpaired) electrons. The number of carbonyl (C=O) groups excluding carboxylic acids is 1. The average molecular weight is 456 g/mol. The lowest BCUT2D eigenvalue weighted by molar-refractivity contribution is -0.131. The Kier molecular flexibility index (Phi) is 6.69. The van der Waals surface area contributed by atoms with Crippen LogP contribution in [0.1, 0.15) is 43.1 Å². The molecule has 8 nitrogen and oxygen atoms in total. The Balaban J connectivity index is 1.80. The number of hydrogen-bond acceptors (Lipinski definition) is 6. The maximum atomic E-state index is 12.1. The quantitative estimate of drug-likeness (QED) is 0.298. The van der Waals surface area contributed by atoms with Gasteiger partial charge in [0.25, 0.3) is 5.91 Å². The van der Waals surface area contributed by atoms with Crippen LogP contribution in [-0.2, 0) is 21.2 Å². The van der Waals surface area contributed by atoms with Gasteiger partial charge in [-0.1, -0.05) is 24.0 Å². The molecular weight excluding hydrogens is 430 g/mol. The first-order valence-corrected chi connectivity index (χ1v) is 11.8. The molecule has 0 fully saturated rings. The Hall–Kier alpha value is -3.19. The molecule has 0 aliphatic carbocycles. The van der Waals surface area contributed by atoms with Crippen LogP contribution < -0.4 is 5.48 Å². The predicted octanol–water partition coefficient (Wildman–Crippen LogP) is 2.19. The number of aliphatic hydroxyl groups is 1. The molecule has 0 aliphatic heterocycles. The molecule has 1 heterocycles. The molecule has 3 aromatic rings. The van der Waals surface area contributed by atoms with E-state index in [9.17, 15) is 18.3 Å². The van der Waals surface area contributed by atoms with Gasteiger partial charge in [-0.2, -0.15) is 5.10 Å². The number of fused-ring (bicyclic) bond motifs is 1. The minimum absolute atomic E-state index is 0.0565. The van der Waals surface area contributed by atoms with Crippen LogP contribution in [0.15, 0.2) is 48.7 Å². The van der Waals surface area contributed by atoms with Crippen molar-refractivity contribution >= 4 is 26.6 Å². The number of nitrogens with one attached hydrogen (secondary N) is 1. The van der Waals surface area contributed by atoms with Gasteiger partial charge in [-0.25, -0.2) is 13.9 Å². The van der Waals surface area contributed by atoms with E-state index in [2.05, 4.69) is 16.9 Å². The van der Waals surface area contributed by atoms with E-state index < -0.39 is 26.6 Å². The van der Waals surface area contributed by atoms with Crippen LogP contribution in [0.3, 0.4) is 0 Å². The third kappa shape index (κ3) is 4.83. The number of rotatable bonds is 6. The summed E-state index contributed by atoms with van der Waals surface area (Å²) in [6, 6.07) is 12.9. The Morgan fingerprint density at radius 2 is 1.81 bits per heavy atom. The smallest absolute Gasteiger partial charge is 0.264 e. The van der Waals surface area contributed by atoms with Gasteiger partial charge in [-0.05, 0) is 56.2 Å². The van der Waals surface area contributed by atoms with Crippen LogP contribution in [0.4, 0.5) is 0 Å². The molecule has 3 rings (SSSR count). The van der Waals surface area contributed by atoms with E-state index in [-0.39, 0.29) is 13.0 Å². The molecule has 168 valence electrons. The van der Waals surface area contributed by atoms with Gasteiger partial charge in [0.1, 0.15) is 0 Å². The number of hydrogen-bond donors (Lipinski definition) is 3. The number of aryl methyl sites for hydroxylation is 1. The van der Waals surface area contributed by atoms with Crippen LogP contribution in [0.2, 0.25) is 0 Å². The van der Waals surface area contributed by atoms with Gasteiger partial charge in [0.2, 0.25) is 0 Å². The van der Waals surface area contributed by atoms with Crippen LogP contribution in [-0.4, -0.2) is 45.4 Å². The van der Waals surface area contributed by atoms with Gasteiger partial charge in [0, 0.05) is 29.3 Å². The zero-order valence-corrected chi connectivity index (χ0v) is 18.8. The van der Waals surface area contributed by atoms with Gasteiger partial charge < -0.3 is 5.11 Å². The third-order valence-electron chi connectivity index (χ3n) is 5.59. The third-order valence-corrected chi connectivity index (χ3v) is 7.61. The van der Waals surface area contributed by atoms with Crippen LogP contribution in [0, 0.1) is 11.8 Å². The molecule has 3 N–H and O–H groups in total. The summed E-state index contributed by atoms with van der Waals surface area (Å²) in [7, 11) is -3.78. The first-order valence-electron chi connectivity index (χ1n) is 9.95. The normalized spacial score (nSPS) is 14.3. The predicted molar refractivity (Wildman–Crippen MR) is 121 cm³/mol. The van der Waals surface area contributed by atoms with Crippen molar-refractivity contribution in [3.05, 3.63) is 65.4 Å². The second-order valence-electron chi connectivity index (χ2n) is 7.88. The molecule has 1 amide bonds. The van der Waals surface area contributed by atoms with Crippen LogP contribution in [0.5, 0.6) is 0 Å². The van der Waals surface area contributed by atoms with Crippen molar-refractivity contribution in [2.45, 2.75) is 37.7 Å². The number of sulfone groups is 1. The van der Waals surface area contributed by atoms with Crippen molar-refractivity contribution < 1.29 is 23.5 Å². The lowest BCUT2D eigenvalue weighted by atomic mass is 10.1. The summed E-state index contributed by atoms with van der Waals surface area (Å²) in [5, 5.41) is 23.7. The molecule has 32 heavy (non-hydrogen) atoms. The highest BCUT2D eigenvalue weighted by molar-refractivity contribution is 7.92. The van der Waals surface area contributed by atoms with Crippen molar-refractivity contribution in [2.24, 2.45) is 0 Å². The maximum Gasteiger partial charge on any atom is 0.264 e. The van der Waals surface area contributed by atoms with Crippen molar-refractivity contribution in [3.8, 4) is 11.8 Å². The molecule has 0 spiro atoms. The molecule has 9 heteroatoms. The van der Waals surface area contributed by atoms with E-state index in [0.717, 1.165) is 33.8 Å². The molecule has 1 unspecified atom stereocenters. The lowest BCUT2D eigenvalue weighted by Crippen LogP contribution is -2.49. The molecule has 1 aromatic heterocycles. The molecule has 0 saturated carbocycles. The summed E-state index contributed by atoms with van der Waals surface area (Å²) in [6.45, 7) is 3.15. The Labute approximate surface area is 186 Å². The fourth-order valence-electron chi connectivity index (χ4n) is 3.24. The van der Waals surface area contributed by atoms with Gasteiger partial charge in [0.15, 0.2) is 14.6 Å². The van der Waals surface area contributed by atoms with Gasteiger partial charge in [0.05, 0.1) is 17.8 Å². The molecule has 2 aromatic carbocycles. The van der Waals surface area contributed by atoms with E-state index in [1.54, 1.807) is 17.8 Å². The molecule has 0 bridgehead atoms. The van der Waals surface area contributed by atoms with Crippen LogP contribution >= 0.6 is 0 Å². The molecule has 0 aliphatic rings. The largest absolute Gasteiger partial charge is 0.389 e. The zero-order valence-electron chi connectivity index (χ0n) is 18.0. The summed E-state index contributed by atoms with van der Waals surface area (Å²) in [4.78, 5) is 12.0. The minimum Gasteiger partial charge on any atom is -0.389 e. The van der Waals surface area contributed by atoms with Crippen molar-refractivity contribution in [2.75, 3.05) is 6.26 Å². The molecule has 2 atom stereocenters. The highest BCUT2D eigenvalue weighted by Gasteiger charge is 2.43. The Morgan fingerprint density at radius 3 is 2.41 bits per heavy atom. The monoisotopic (exact) mass is 455 g/mol. The summed E-state index contributed by atoms with van der Waals surface area (Å²) < 4.78 is 24.1. The van der Waals surface area contributed by atoms with Crippen molar-refractivity contribution in [3.63, 3.8) is 0 Å². The molecule has 0 saturated heterocycles. The topological polar surface area (TPSA) is 122 Å². The summed E-state index contributed by atoms with van der Waals surface area (Å²) in [6.07, 6.45) is 2.04. The van der Waals surface area contributed by atoms with Crippen LogP contribution in [0.25, 0.3) is 10.9 Å². The van der Waals surface area contributed by atoms with E-state index in [1.807, 2.05) is 42.5 Å². The number of benzene rings is 2. The SMILES string of the molecule is C[C@H](O)c1ccc(C#Cc2ccc3c(cnn3CCC(C)(C(=O)NO)S(C)(=O)=O)c2)cc1. The van der Waals surface area contributed by atoms with Crippen molar-refractivity contribution in [1.29, 1.82) is 0 Å². The van der Waals surface area contributed by atoms with Gasteiger partial charge in [-0.3, -0.25) is 14.7 Å². The number of aromatic nitrogens is 2.